The zero-order chi connectivity index (χ0) is 18.0. The van der Waals surface area contributed by atoms with Crippen LogP contribution in [0.15, 0.2) is 18.2 Å². The van der Waals surface area contributed by atoms with Gasteiger partial charge >= 0.3 is 0 Å². The molecule has 3 rings (SSSR count). The molecule has 5 nitrogen and oxygen atoms in total. The lowest BCUT2D eigenvalue weighted by Crippen LogP contribution is -2.46. The van der Waals surface area contributed by atoms with E-state index in [1.165, 1.54) is 17.4 Å². The molecule has 1 aliphatic heterocycles. The lowest BCUT2D eigenvalue weighted by atomic mass is 9.96. The highest BCUT2D eigenvalue weighted by Crippen LogP contribution is 2.34. The molecule has 1 fully saturated rings. The van der Waals surface area contributed by atoms with Crippen molar-refractivity contribution in [1.82, 2.24) is 10.2 Å². The third-order valence-corrected chi connectivity index (χ3v) is 5.87. The fourth-order valence-corrected chi connectivity index (χ4v) is 4.51. The summed E-state index contributed by atoms with van der Waals surface area (Å²) in [5, 5.41) is 3.31. The smallest absolute Gasteiger partial charge is 0.264 e. The van der Waals surface area contributed by atoms with Crippen LogP contribution in [0.1, 0.15) is 28.1 Å². The van der Waals surface area contributed by atoms with Crippen LogP contribution in [0.5, 0.6) is 0 Å². The molecule has 0 spiro atoms. The SMILES string of the molecule is Cc1c(C(=O)N2CCCC(C(=O)NCCN)C2)sc2cccc(F)c12.Cl. The largest absolute Gasteiger partial charge is 0.355 e. The summed E-state index contributed by atoms with van der Waals surface area (Å²) in [5.41, 5.74) is 6.09. The molecule has 1 unspecified atom stereocenters. The van der Waals surface area contributed by atoms with E-state index in [0.29, 0.717) is 42.0 Å². The fraction of sp³-hybridized carbons (Fsp3) is 0.444. The number of halogens is 2. The Balaban J connectivity index is 0.00000243. The quantitative estimate of drug-likeness (QED) is 0.829. The molecule has 2 heterocycles. The number of nitrogens with zero attached hydrogens (tertiary/aromatic N) is 1. The molecule has 8 heteroatoms. The number of likely N-dealkylation sites (tertiary alicyclic amines) is 1. The number of carbonyl (C=O) groups excluding carboxylic acids is 2. The Bertz CT molecular complexity index is 811. The summed E-state index contributed by atoms with van der Waals surface area (Å²) >= 11 is 1.32. The zero-order valence-corrected chi connectivity index (χ0v) is 16.2. The number of rotatable bonds is 4. The molecule has 0 radical (unpaired) electrons. The minimum atomic E-state index is -0.303. The lowest BCUT2D eigenvalue weighted by molar-refractivity contribution is -0.126. The van der Waals surface area contributed by atoms with Gasteiger partial charge in [-0.1, -0.05) is 6.07 Å². The van der Waals surface area contributed by atoms with Gasteiger partial charge in [0, 0.05) is 36.3 Å². The third-order valence-electron chi connectivity index (χ3n) is 4.62. The highest BCUT2D eigenvalue weighted by Gasteiger charge is 2.30. The van der Waals surface area contributed by atoms with E-state index in [2.05, 4.69) is 5.32 Å². The number of carbonyl (C=O) groups is 2. The van der Waals surface area contributed by atoms with E-state index in [1.807, 2.05) is 6.07 Å². The molecular formula is C18H23ClFN3O2S. The van der Waals surface area contributed by atoms with Crippen molar-refractivity contribution < 1.29 is 14.0 Å². The summed E-state index contributed by atoms with van der Waals surface area (Å²) < 4.78 is 14.8. The average molecular weight is 400 g/mol. The number of benzene rings is 1. The van der Waals surface area contributed by atoms with Crippen LogP contribution in [0.25, 0.3) is 10.1 Å². The van der Waals surface area contributed by atoms with Crippen molar-refractivity contribution in [3.8, 4) is 0 Å². The third kappa shape index (κ3) is 4.00. The molecule has 142 valence electrons. The maximum atomic E-state index is 14.1. The molecule has 1 atom stereocenters. The maximum Gasteiger partial charge on any atom is 0.264 e. The van der Waals surface area contributed by atoms with Crippen LogP contribution in [-0.2, 0) is 4.79 Å². The molecular weight excluding hydrogens is 377 g/mol. The average Bonchev–Trinajstić information content (AvgIpc) is 2.97. The second-order valence-electron chi connectivity index (χ2n) is 6.34. The van der Waals surface area contributed by atoms with Gasteiger partial charge < -0.3 is 16.0 Å². The summed E-state index contributed by atoms with van der Waals surface area (Å²) in [6, 6.07) is 4.89. The molecule has 1 aromatic heterocycles. The molecule has 1 aromatic carbocycles. The first-order valence-electron chi connectivity index (χ1n) is 8.47. The van der Waals surface area contributed by atoms with E-state index in [-0.39, 0.29) is 36.0 Å². The predicted molar refractivity (Wildman–Crippen MR) is 104 cm³/mol. The number of thiophene rings is 1. The number of hydrogen-bond acceptors (Lipinski definition) is 4. The molecule has 1 aliphatic rings. The summed E-state index contributed by atoms with van der Waals surface area (Å²) in [4.78, 5) is 27.4. The first-order valence-corrected chi connectivity index (χ1v) is 9.29. The first kappa shape index (κ1) is 20.6. The number of aryl methyl sites for hydroxylation is 1. The van der Waals surface area contributed by atoms with E-state index in [4.69, 9.17) is 5.73 Å². The fourth-order valence-electron chi connectivity index (χ4n) is 3.32. The van der Waals surface area contributed by atoms with Crippen LogP contribution in [0.2, 0.25) is 0 Å². The minimum absolute atomic E-state index is 0. The van der Waals surface area contributed by atoms with Gasteiger partial charge in [-0.05, 0) is 37.5 Å². The maximum absolute atomic E-state index is 14.1. The van der Waals surface area contributed by atoms with Gasteiger partial charge in [-0.3, -0.25) is 9.59 Å². The molecule has 0 aliphatic carbocycles. The lowest BCUT2D eigenvalue weighted by Gasteiger charge is -2.32. The number of hydrogen-bond donors (Lipinski definition) is 2. The Labute approximate surface area is 162 Å². The van der Waals surface area contributed by atoms with Gasteiger partial charge in [0.2, 0.25) is 5.91 Å². The van der Waals surface area contributed by atoms with Crippen LogP contribution in [0.3, 0.4) is 0 Å². The Morgan fingerprint density at radius 2 is 2.19 bits per heavy atom. The number of nitrogens with one attached hydrogen (secondary N) is 1. The van der Waals surface area contributed by atoms with Gasteiger partial charge in [0.05, 0.1) is 10.8 Å². The van der Waals surface area contributed by atoms with Crippen LogP contribution >= 0.6 is 23.7 Å². The van der Waals surface area contributed by atoms with Crippen molar-refractivity contribution in [1.29, 1.82) is 0 Å². The van der Waals surface area contributed by atoms with Crippen molar-refractivity contribution in [3.63, 3.8) is 0 Å². The van der Waals surface area contributed by atoms with Gasteiger partial charge in [0.25, 0.3) is 5.91 Å². The van der Waals surface area contributed by atoms with Crippen molar-refractivity contribution in [2.45, 2.75) is 19.8 Å². The standard InChI is InChI=1S/C18H22FN3O2S.ClH/c1-11-15-13(19)5-2-6-14(15)25-16(11)18(24)22-9-3-4-12(10-22)17(23)21-8-7-20;/h2,5-6,12H,3-4,7-10,20H2,1H3,(H,21,23);1H. The van der Waals surface area contributed by atoms with Gasteiger partial charge in [-0.2, -0.15) is 0 Å². The van der Waals surface area contributed by atoms with Gasteiger partial charge in [-0.15, -0.1) is 23.7 Å². The minimum Gasteiger partial charge on any atom is -0.355 e. The first-order chi connectivity index (χ1) is 12.0. The summed E-state index contributed by atoms with van der Waals surface area (Å²) in [7, 11) is 0. The Hall–Kier alpha value is -1.70. The second kappa shape index (κ2) is 8.79. The number of nitrogens with two attached hydrogens (primary N) is 1. The number of fused-ring (bicyclic) bond motifs is 1. The van der Waals surface area contributed by atoms with E-state index in [1.54, 1.807) is 17.9 Å². The molecule has 0 saturated carbocycles. The summed E-state index contributed by atoms with van der Waals surface area (Å²) in [6.45, 7) is 3.64. The van der Waals surface area contributed by atoms with Crippen LogP contribution in [-0.4, -0.2) is 42.9 Å². The van der Waals surface area contributed by atoms with Crippen molar-refractivity contribution in [2.24, 2.45) is 11.7 Å². The Morgan fingerprint density at radius 1 is 1.42 bits per heavy atom. The molecule has 3 N–H and O–H groups in total. The van der Waals surface area contributed by atoms with Gasteiger partial charge in [0.1, 0.15) is 5.82 Å². The van der Waals surface area contributed by atoms with Gasteiger partial charge in [-0.25, -0.2) is 4.39 Å². The normalized spacial score (nSPS) is 17.0. The molecule has 2 aromatic rings. The zero-order valence-electron chi connectivity index (χ0n) is 14.6. The van der Waals surface area contributed by atoms with Crippen LogP contribution in [0, 0.1) is 18.7 Å². The van der Waals surface area contributed by atoms with Crippen molar-refractivity contribution in [3.05, 3.63) is 34.5 Å². The van der Waals surface area contributed by atoms with E-state index >= 15 is 0 Å². The molecule has 1 saturated heterocycles. The van der Waals surface area contributed by atoms with E-state index in [0.717, 1.165) is 17.5 Å². The second-order valence-corrected chi connectivity index (χ2v) is 7.39. The Kier molecular flexibility index (Phi) is 6.97. The van der Waals surface area contributed by atoms with Crippen LogP contribution < -0.4 is 11.1 Å². The molecule has 0 bridgehead atoms. The van der Waals surface area contributed by atoms with Crippen LogP contribution in [0.4, 0.5) is 4.39 Å². The Morgan fingerprint density at radius 3 is 2.88 bits per heavy atom. The van der Waals surface area contributed by atoms with Crippen molar-refractivity contribution in [2.75, 3.05) is 26.2 Å². The monoisotopic (exact) mass is 399 g/mol. The predicted octanol–water partition coefficient (Wildman–Crippen LogP) is 2.70. The highest BCUT2D eigenvalue weighted by molar-refractivity contribution is 7.21. The number of amides is 2. The van der Waals surface area contributed by atoms with E-state index < -0.39 is 0 Å². The van der Waals surface area contributed by atoms with Crippen molar-refractivity contribution >= 4 is 45.6 Å². The van der Waals surface area contributed by atoms with E-state index in [9.17, 15) is 14.0 Å². The number of piperidine rings is 1. The molecule has 26 heavy (non-hydrogen) atoms. The molecule has 2 amide bonds. The highest BCUT2D eigenvalue weighted by atomic mass is 35.5. The summed E-state index contributed by atoms with van der Waals surface area (Å²) in [5.74, 6) is -0.685. The van der Waals surface area contributed by atoms with Gasteiger partial charge in [0.15, 0.2) is 0 Å². The topological polar surface area (TPSA) is 75.4 Å². The summed E-state index contributed by atoms with van der Waals surface area (Å²) in [6.07, 6.45) is 1.55.